The number of anilines is 3. The van der Waals surface area contributed by atoms with Crippen LogP contribution in [0.3, 0.4) is 0 Å². The highest BCUT2D eigenvalue weighted by Gasteiger charge is 2.10. The summed E-state index contributed by atoms with van der Waals surface area (Å²) < 4.78 is 66.5. The minimum Gasteiger partial charge on any atom is -0.347 e. The average molecular weight is 219 g/mol. The summed E-state index contributed by atoms with van der Waals surface area (Å²) in [6.45, 7) is -7.81. The van der Waals surface area contributed by atoms with Crippen LogP contribution in [0.1, 0.15) is 12.3 Å². The first-order valence-corrected chi connectivity index (χ1v) is 4.02. The molecule has 0 bridgehead atoms. The Balaban J connectivity index is 3.51. The van der Waals surface area contributed by atoms with Crippen LogP contribution in [-0.2, 0) is 0 Å². The van der Waals surface area contributed by atoms with E-state index in [0.717, 1.165) is 14.7 Å². The molecule has 1 aromatic rings. The number of nitrogens with zero attached hydrogens (tertiary/aromatic N) is 6. The SMILES string of the molecule is [2H]C([2H])([2H])N(C)c1nc(N(C)C([2H])([2H])[2H])nc(N(C)C([2H])([2H])[2H])n1. The standard InChI is InChI=1S/C9H18N6/c1-13(2)7-10-8(14(3)4)12-9(11-7)15(5)6/h1-6H3/i1D3,3D3,5D3. The Morgan fingerprint density at radius 2 is 1.00 bits per heavy atom. The summed E-state index contributed by atoms with van der Waals surface area (Å²) in [5.74, 6) is -1.12. The zero-order valence-corrected chi connectivity index (χ0v) is 8.68. The maximum absolute atomic E-state index is 7.39. The molecule has 0 saturated carbocycles. The molecule has 0 unspecified atom stereocenters. The monoisotopic (exact) mass is 219 g/mol. The molecule has 0 atom stereocenters. The third-order valence-corrected chi connectivity index (χ3v) is 1.50. The topological polar surface area (TPSA) is 48.4 Å². The third-order valence-electron chi connectivity index (χ3n) is 1.50. The fourth-order valence-electron chi connectivity index (χ4n) is 0.793. The minimum absolute atomic E-state index is 0.373. The first-order chi connectivity index (χ1) is 10.5. The first kappa shape index (κ1) is 4.11. The maximum Gasteiger partial charge on any atom is 0.231 e. The smallest absolute Gasteiger partial charge is 0.231 e. The van der Waals surface area contributed by atoms with Crippen molar-refractivity contribution in [1.82, 2.24) is 15.0 Å². The molecule has 0 aromatic carbocycles. The van der Waals surface area contributed by atoms with E-state index in [1.807, 2.05) is 0 Å². The molecule has 0 spiro atoms. The normalized spacial score (nSPS) is 21.4. The Hall–Kier alpha value is -1.59. The van der Waals surface area contributed by atoms with Crippen molar-refractivity contribution in [3.05, 3.63) is 0 Å². The largest absolute Gasteiger partial charge is 0.347 e. The summed E-state index contributed by atoms with van der Waals surface area (Å²) in [6, 6.07) is 0. The lowest BCUT2D eigenvalue weighted by Gasteiger charge is -2.18. The summed E-state index contributed by atoms with van der Waals surface area (Å²) in [5, 5.41) is 0. The van der Waals surface area contributed by atoms with E-state index in [2.05, 4.69) is 15.0 Å². The van der Waals surface area contributed by atoms with Crippen LogP contribution in [0.25, 0.3) is 0 Å². The first-order valence-electron chi connectivity index (χ1n) is 8.52. The lowest BCUT2D eigenvalue weighted by Crippen LogP contribution is -2.22. The van der Waals surface area contributed by atoms with Crippen molar-refractivity contribution >= 4 is 17.8 Å². The zero-order chi connectivity index (χ0) is 19.1. The fourth-order valence-corrected chi connectivity index (χ4v) is 0.793. The minimum atomic E-state index is -2.60. The van der Waals surface area contributed by atoms with Crippen molar-refractivity contribution in [1.29, 1.82) is 0 Å². The molecule has 0 radical (unpaired) electrons. The molecule has 6 nitrogen and oxygen atoms in total. The van der Waals surface area contributed by atoms with Gasteiger partial charge in [0.05, 0.1) is 0 Å². The van der Waals surface area contributed by atoms with E-state index in [1.165, 1.54) is 21.1 Å². The van der Waals surface area contributed by atoms with Gasteiger partial charge in [-0.15, -0.1) is 0 Å². The van der Waals surface area contributed by atoms with Gasteiger partial charge < -0.3 is 14.7 Å². The van der Waals surface area contributed by atoms with Gasteiger partial charge in [0.2, 0.25) is 17.8 Å². The van der Waals surface area contributed by atoms with Gasteiger partial charge in [-0.05, 0) is 0 Å². The lowest BCUT2D eigenvalue weighted by atomic mass is 10.7. The van der Waals surface area contributed by atoms with Crippen LogP contribution in [-0.4, -0.2) is 57.0 Å². The quantitative estimate of drug-likeness (QED) is 0.717. The Bertz CT molecular complexity index is 487. The molecular formula is C9H18N6. The van der Waals surface area contributed by atoms with Gasteiger partial charge in [-0.25, -0.2) is 0 Å². The Morgan fingerprint density at radius 3 is 1.20 bits per heavy atom. The predicted molar refractivity (Wildman–Crippen MR) is 62.8 cm³/mol. The summed E-state index contributed by atoms with van der Waals surface area (Å²) in [4.78, 5) is 13.7. The van der Waals surface area contributed by atoms with Crippen LogP contribution < -0.4 is 14.7 Å². The molecular weight excluding hydrogens is 192 g/mol. The van der Waals surface area contributed by atoms with Crippen molar-refractivity contribution < 1.29 is 12.3 Å². The van der Waals surface area contributed by atoms with Gasteiger partial charge in [0.25, 0.3) is 0 Å². The second-order valence-electron chi connectivity index (χ2n) is 2.91. The Labute approximate surface area is 103 Å². The van der Waals surface area contributed by atoms with Crippen molar-refractivity contribution in [2.75, 3.05) is 56.8 Å². The van der Waals surface area contributed by atoms with E-state index in [-0.39, 0.29) is 17.8 Å². The van der Waals surface area contributed by atoms with Gasteiger partial charge in [-0.1, -0.05) is 0 Å². The molecule has 6 heteroatoms. The number of hydrogen-bond acceptors (Lipinski definition) is 6. The Morgan fingerprint density at radius 1 is 0.733 bits per heavy atom. The van der Waals surface area contributed by atoms with Crippen LogP contribution >= 0.6 is 0 Å². The van der Waals surface area contributed by atoms with Gasteiger partial charge >= 0.3 is 0 Å². The second-order valence-corrected chi connectivity index (χ2v) is 2.91. The molecule has 0 fully saturated rings. The summed E-state index contributed by atoms with van der Waals surface area (Å²) in [5.41, 5.74) is 0. The lowest BCUT2D eigenvalue weighted by molar-refractivity contribution is 0.886. The third kappa shape index (κ3) is 2.68. The van der Waals surface area contributed by atoms with Crippen molar-refractivity contribution in [3.8, 4) is 0 Å². The highest BCUT2D eigenvalue weighted by molar-refractivity contribution is 5.44. The highest BCUT2D eigenvalue weighted by Crippen LogP contribution is 2.14. The van der Waals surface area contributed by atoms with Crippen LogP contribution in [0.15, 0.2) is 0 Å². The van der Waals surface area contributed by atoms with Crippen LogP contribution in [0.4, 0.5) is 17.8 Å². The number of rotatable bonds is 3. The number of hydrogen-bond donors (Lipinski definition) is 0. The van der Waals surface area contributed by atoms with Crippen LogP contribution in [0.5, 0.6) is 0 Å². The van der Waals surface area contributed by atoms with E-state index < -0.39 is 20.9 Å². The van der Waals surface area contributed by atoms with Crippen LogP contribution in [0.2, 0.25) is 0 Å². The molecule has 15 heavy (non-hydrogen) atoms. The summed E-state index contributed by atoms with van der Waals surface area (Å²) >= 11 is 0. The summed E-state index contributed by atoms with van der Waals surface area (Å²) in [7, 11) is 3.54. The summed E-state index contributed by atoms with van der Waals surface area (Å²) in [6.07, 6.45) is 0. The number of aromatic nitrogens is 3. The van der Waals surface area contributed by atoms with E-state index in [0.29, 0.717) is 0 Å². The molecule has 1 rings (SSSR count). The molecule has 0 amide bonds. The zero-order valence-electron chi connectivity index (χ0n) is 17.7. The van der Waals surface area contributed by atoms with Gasteiger partial charge in [-0.3, -0.25) is 0 Å². The van der Waals surface area contributed by atoms with Gasteiger partial charge in [-0.2, -0.15) is 15.0 Å². The molecule has 1 aromatic heterocycles. The molecule has 84 valence electrons. The van der Waals surface area contributed by atoms with E-state index in [9.17, 15) is 0 Å². The molecule has 0 aliphatic heterocycles. The molecule has 0 aliphatic rings. The maximum atomic E-state index is 7.39. The van der Waals surface area contributed by atoms with E-state index >= 15 is 0 Å². The van der Waals surface area contributed by atoms with Gasteiger partial charge in [0, 0.05) is 54.4 Å². The van der Waals surface area contributed by atoms with Crippen molar-refractivity contribution in [2.45, 2.75) is 0 Å². The molecule has 0 N–H and O–H groups in total. The fraction of sp³-hybridized carbons (Fsp3) is 0.667. The van der Waals surface area contributed by atoms with Crippen LogP contribution in [0, 0.1) is 0 Å². The molecule has 0 aliphatic carbocycles. The van der Waals surface area contributed by atoms with E-state index in [4.69, 9.17) is 12.3 Å². The second kappa shape index (κ2) is 4.29. The predicted octanol–water partition coefficient (Wildman–Crippen LogP) is 0.0696. The van der Waals surface area contributed by atoms with Crippen molar-refractivity contribution in [2.24, 2.45) is 0 Å². The highest BCUT2D eigenvalue weighted by atomic mass is 15.4. The Kier molecular flexibility index (Phi) is 1.18. The molecule has 1 heterocycles. The van der Waals surface area contributed by atoms with Gasteiger partial charge in [0.1, 0.15) is 0 Å². The average Bonchev–Trinajstić information content (AvgIpc) is 2.41. The van der Waals surface area contributed by atoms with Gasteiger partial charge in [0.15, 0.2) is 0 Å². The molecule has 0 saturated heterocycles. The van der Waals surface area contributed by atoms with E-state index in [1.54, 1.807) is 0 Å². The van der Waals surface area contributed by atoms with Crippen molar-refractivity contribution in [3.63, 3.8) is 0 Å².